The Bertz CT molecular complexity index is 881. The first-order valence-corrected chi connectivity index (χ1v) is 11.3. The highest BCUT2D eigenvalue weighted by Crippen LogP contribution is 2.21. The van der Waals surface area contributed by atoms with Crippen LogP contribution in [0, 0.1) is 0 Å². The van der Waals surface area contributed by atoms with Crippen molar-refractivity contribution in [3.63, 3.8) is 0 Å². The second-order valence-electron chi connectivity index (χ2n) is 7.44. The van der Waals surface area contributed by atoms with Crippen molar-refractivity contribution in [2.45, 2.75) is 32.6 Å². The Kier molecular flexibility index (Phi) is 14.0. The molecule has 0 amide bonds. The molecule has 2 rings (SSSR count). The van der Waals surface area contributed by atoms with Crippen LogP contribution in [0.3, 0.4) is 0 Å². The van der Waals surface area contributed by atoms with Crippen LogP contribution in [0.25, 0.3) is 0 Å². The fraction of sp³-hybridized carbons (Fsp3) is 0.440. The molecule has 188 valence electrons. The van der Waals surface area contributed by atoms with Gasteiger partial charge in [0.15, 0.2) is 0 Å². The van der Waals surface area contributed by atoms with E-state index in [2.05, 4.69) is 4.90 Å². The van der Waals surface area contributed by atoms with Crippen molar-refractivity contribution in [1.82, 2.24) is 0 Å². The van der Waals surface area contributed by atoms with Crippen molar-refractivity contribution in [2.24, 2.45) is 0 Å². The summed E-state index contributed by atoms with van der Waals surface area (Å²) >= 11 is 0. The first-order chi connectivity index (χ1) is 16.4. The van der Waals surface area contributed by atoms with Gasteiger partial charge in [0.1, 0.15) is 0 Å². The molecule has 0 spiro atoms. The highest BCUT2D eigenvalue weighted by atomic mass is 16.5. The minimum absolute atomic E-state index is 0.0115. The Morgan fingerprint density at radius 2 is 1.53 bits per heavy atom. The second-order valence-corrected chi connectivity index (χ2v) is 7.44. The smallest absolute Gasteiger partial charge is 0.340 e. The number of ether oxygens (including phenoxy) is 1. The maximum Gasteiger partial charge on any atom is 0.340 e. The minimum Gasteiger partial charge on any atom is -0.478 e. The largest absolute Gasteiger partial charge is 0.478 e. The van der Waals surface area contributed by atoms with Gasteiger partial charge in [0.05, 0.1) is 17.7 Å². The molecular formula is C25H36N2O7. The first-order valence-electron chi connectivity index (χ1n) is 11.3. The van der Waals surface area contributed by atoms with Crippen molar-refractivity contribution < 1.29 is 34.8 Å². The Morgan fingerprint density at radius 3 is 2.06 bits per heavy atom. The molecule has 0 bridgehead atoms. The Balaban J connectivity index is 0.000000362. The molecule has 9 heteroatoms. The molecule has 0 radical (unpaired) electrons. The summed E-state index contributed by atoms with van der Waals surface area (Å²) in [6, 6.07) is 12.0. The van der Waals surface area contributed by atoms with Gasteiger partial charge in [0.2, 0.25) is 0 Å². The van der Waals surface area contributed by atoms with Crippen molar-refractivity contribution in [2.75, 3.05) is 50.2 Å². The molecule has 0 aromatic heterocycles. The monoisotopic (exact) mass is 476 g/mol. The number of carboxylic acids is 1. The van der Waals surface area contributed by atoms with Gasteiger partial charge in [-0.25, -0.2) is 9.59 Å². The van der Waals surface area contributed by atoms with Crippen LogP contribution in [0.2, 0.25) is 0 Å². The number of nitrogen functional groups attached to an aromatic ring is 1. The number of aliphatic hydroxyl groups excluding tert-OH is 3. The minimum atomic E-state index is -0.911. The van der Waals surface area contributed by atoms with Gasteiger partial charge in [0.25, 0.3) is 0 Å². The van der Waals surface area contributed by atoms with E-state index in [1.54, 1.807) is 36.4 Å². The summed E-state index contributed by atoms with van der Waals surface area (Å²) in [7, 11) is 0. The molecule has 0 fully saturated rings. The topological polar surface area (TPSA) is 154 Å². The van der Waals surface area contributed by atoms with Crippen LogP contribution in [0.15, 0.2) is 42.5 Å². The number of para-hydroxylation sites is 1. The maximum atomic E-state index is 11.4. The van der Waals surface area contributed by atoms with Crippen LogP contribution in [-0.2, 0) is 11.2 Å². The molecule has 0 saturated heterocycles. The number of carbonyl (C=O) groups is 2. The predicted molar refractivity (Wildman–Crippen MR) is 131 cm³/mol. The van der Waals surface area contributed by atoms with E-state index in [9.17, 15) is 9.59 Å². The molecule has 0 atom stereocenters. The molecule has 0 aliphatic rings. The van der Waals surface area contributed by atoms with E-state index in [4.69, 9.17) is 30.9 Å². The maximum absolute atomic E-state index is 11.4. The van der Waals surface area contributed by atoms with Crippen LogP contribution in [0.5, 0.6) is 0 Å². The lowest BCUT2D eigenvalue weighted by Crippen LogP contribution is -2.27. The number of aliphatic hydroxyl groups is 3. The van der Waals surface area contributed by atoms with Gasteiger partial charge < -0.3 is 35.8 Å². The molecular weight excluding hydrogens is 440 g/mol. The van der Waals surface area contributed by atoms with E-state index in [-0.39, 0.29) is 26.4 Å². The normalized spacial score (nSPS) is 10.2. The Labute approximate surface area is 200 Å². The summed E-state index contributed by atoms with van der Waals surface area (Å²) < 4.78 is 4.87. The van der Waals surface area contributed by atoms with Crippen LogP contribution < -0.4 is 10.6 Å². The van der Waals surface area contributed by atoms with Gasteiger partial charge in [-0.15, -0.1) is 0 Å². The van der Waals surface area contributed by atoms with Crippen molar-refractivity contribution in [3.05, 3.63) is 59.2 Å². The van der Waals surface area contributed by atoms with Crippen molar-refractivity contribution >= 4 is 23.3 Å². The lowest BCUT2D eigenvalue weighted by atomic mass is 10.0. The van der Waals surface area contributed by atoms with Crippen molar-refractivity contribution in [3.8, 4) is 0 Å². The average Bonchev–Trinajstić information content (AvgIpc) is 2.84. The molecule has 6 N–H and O–H groups in total. The molecule has 34 heavy (non-hydrogen) atoms. The van der Waals surface area contributed by atoms with E-state index >= 15 is 0 Å². The summed E-state index contributed by atoms with van der Waals surface area (Å²) in [6.07, 6.45) is 2.39. The van der Waals surface area contributed by atoms with E-state index in [1.165, 1.54) is 0 Å². The third kappa shape index (κ3) is 9.78. The van der Waals surface area contributed by atoms with E-state index in [1.807, 2.05) is 13.0 Å². The zero-order valence-electron chi connectivity index (χ0n) is 19.7. The number of nitrogens with two attached hydrogens (primary N) is 1. The highest BCUT2D eigenvalue weighted by molar-refractivity contribution is 5.95. The molecule has 0 aliphatic heterocycles. The molecule has 2 aromatic rings. The van der Waals surface area contributed by atoms with Gasteiger partial charge in [-0.2, -0.15) is 0 Å². The fourth-order valence-corrected chi connectivity index (χ4v) is 3.16. The second kappa shape index (κ2) is 16.5. The van der Waals surface area contributed by atoms with Gasteiger partial charge in [-0.05, 0) is 55.2 Å². The molecule has 0 heterocycles. The Hall–Kier alpha value is -3.14. The third-order valence-electron chi connectivity index (χ3n) is 4.95. The number of anilines is 2. The first kappa shape index (κ1) is 28.9. The molecule has 9 nitrogen and oxygen atoms in total. The van der Waals surface area contributed by atoms with Crippen LogP contribution in [0.1, 0.15) is 52.5 Å². The summed E-state index contributed by atoms with van der Waals surface area (Å²) in [6.45, 7) is 3.75. The molecule has 2 aromatic carbocycles. The Morgan fingerprint density at radius 1 is 0.912 bits per heavy atom. The van der Waals surface area contributed by atoms with Gasteiger partial charge in [0, 0.05) is 50.7 Å². The molecule has 0 aliphatic carbocycles. The summed E-state index contributed by atoms with van der Waals surface area (Å²) in [5.74, 6) is -1.36. The lowest BCUT2D eigenvalue weighted by molar-refractivity contribution is 0.0483. The van der Waals surface area contributed by atoms with Crippen molar-refractivity contribution in [1.29, 1.82) is 0 Å². The number of carboxylic acid groups (broad SMARTS) is 1. The number of nitrogens with zero attached hydrogens (tertiary/aromatic N) is 1. The number of rotatable bonds is 13. The number of hydrogen-bond donors (Lipinski definition) is 5. The number of benzene rings is 2. The summed E-state index contributed by atoms with van der Waals surface area (Å²) in [5, 5.41) is 35.5. The number of aryl methyl sites for hydroxylation is 1. The van der Waals surface area contributed by atoms with Crippen LogP contribution >= 0.6 is 0 Å². The van der Waals surface area contributed by atoms with Crippen LogP contribution in [0.4, 0.5) is 11.4 Å². The number of esters is 1. The zero-order chi connectivity index (χ0) is 25.3. The lowest BCUT2D eigenvalue weighted by Gasteiger charge is -2.25. The van der Waals surface area contributed by atoms with Crippen LogP contribution in [-0.4, -0.2) is 71.9 Å². The zero-order valence-corrected chi connectivity index (χ0v) is 19.7. The van der Waals surface area contributed by atoms with Gasteiger partial charge in [-0.3, -0.25) is 0 Å². The number of aromatic carboxylic acids is 1. The highest BCUT2D eigenvalue weighted by Gasteiger charge is 2.13. The quantitative estimate of drug-likeness (QED) is 0.166. The third-order valence-corrected chi connectivity index (χ3v) is 4.95. The van der Waals surface area contributed by atoms with E-state index < -0.39 is 11.9 Å². The predicted octanol–water partition coefficient (Wildman–Crippen LogP) is 2.33. The standard InChI is InChI=1S/C15H23NO4.C10H13NO3/c1-2-12-11-13(5-6-14(12)15(19)20)16(7-3-9-17)8-4-10-18;11-9-5-2-1-4-8(9)10(13)14-7-3-6-12/h5-6,11,17-18H,2-4,7-10H2,1H3,(H,19,20);1-2,4-5,12H,3,6-7,11H2. The van der Waals surface area contributed by atoms with E-state index in [0.717, 1.165) is 11.3 Å². The average molecular weight is 477 g/mol. The van der Waals surface area contributed by atoms with Gasteiger partial charge >= 0.3 is 11.9 Å². The SMILES string of the molecule is CCc1cc(N(CCCO)CCCO)ccc1C(=O)O.Nc1ccccc1C(=O)OCCCO. The van der Waals surface area contributed by atoms with Gasteiger partial charge in [-0.1, -0.05) is 19.1 Å². The summed E-state index contributed by atoms with van der Waals surface area (Å²) in [5.41, 5.74) is 8.42. The van der Waals surface area contributed by atoms with E-state index in [0.29, 0.717) is 55.6 Å². The fourth-order valence-electron chi connectivity index (χ4n) is 3.16. The number of carbonyl (C=O) groups excluding carboxylic acids is 1. The molecule has 0 saturated carbocycles. The molecule has 0 unspecified atom stereocenters. The number of hydrogen-bond acceptors (Lipinski definition) is 8. The summed E-state index contributed by atoms with van der Waals surface area (Å²) in [4.78, 5) is 24.5.